The van der Waals surface area contributed by atoms with E-state index in [1.54, 1.807) is 47.1 Å². The summed E-state index contributed by atoms with van der Waals surface area (Å²) in [5, 5.41) is 23.2. The van der Waals surface area contributed by atoms with Crippen molar-refractivity contribution in [3.05, 3.63) is 77.9 Å². The van der Waals surface area contributed by atoms with Crippen molar-refractivity contribution in [3.63, 3.8) is 0 Å². The zero-order valence-corrected chi connectivity index (χ0v) is 21.4. The van der Waals surface area contributed by atoms with Crippen LogP contribution in [-0.4, -0.2) is 59.9 Å². The van der Waals surface area contributed by atoms with Crippen molar-refractivity contribution in [1.29, 1.82) is 5.26 Å². The lowest BCUT2D eigenvalue weighted by Crippen LogP contribution is -2.42. The molecule has 4 aromatic rings. The Hall–Kier alpha value is -4.66. The summed E-state index contributed by atoms with van der Waals surface area (Å²) in [6.45, 7) is 6.27. The van der Waals surface area contributed by atoms with Crippen LogP contribution in [0, 0.1) is 24.1 Å². The number of nitrogens with one attached hydrogen (secondary N) is 3. The minimum absolute atomic E-state index is 0.314. The highest BCUT2D eigenvalue weighted by molar-refractivity contribution is 5.94. The van der Waals surface area contributed by atoms with Crippen molar-refractivity contribution in [2.45, 2.75) is 6.92 Å². The van der Waals surface area contributed by atoms with E-state index in [1.807, 2.05) is 6.92 Å². The molecule has 2 amide bonds. The maximum Gasteiger partial charge on any atom is 0.319 e. The van der Waals surface area contributed by atoms with Crippen LogP contribution in [0.5, 0.6) is 11.5 Å². The highest BCUT2D eigenvalue weighted by Crippen LogP contribution is 2.33. The number of carbonyl (C=O) groups excluding carboxylic acids is 1. The average molecular weight is 530 g/mol. The van der Waals surface area contributed by atoms with Gasteiger partial charge in [0.15, 0.2) is 0 Å². The van der Waals surface area contributed by atoms with Gasteiger partial charge in [0, 0.05) is 43.5 Å². The topological polar surface area (TPSA) is 116 Å². The van der Waals surface area contributed by atoms with Crippen molar-refractivity contribution < 1.29 is 18.7 Å². The zero-order chi connectivity index (χ0) is 27.2. The van der Waals surface area contributed by atoms with E-state index in [0.29, 0.717) is 59.4 Å². The molecule has 0 unspecified atom stereocenters. The number of nitriles is 1. The van der Waals surface area contributed by atoms with Crippen LogP contribution >= 0.6 is 0 Å². The number of fused-ring (bicyclic) bond motifs is 1. The normalized spacial score (nSPS) is 13.6. The number of morpholine rings is 1. The van der Waals surface area contributed by atoms with Crippen molar-refractivity contribution in [1.82, 2.24) is 19.8 Å². The Balaban J connectivity index is 1.29. The molecule has 0 atom stereocenters. The molecule has 5 rings (SSSR count). The third-order valence-corrected chi connectivity index (χ3v) is 6.40. The molecular formula is C28H28FN7O3. The van der Waals surface area contributed by atoms with Gasteiger partial charge in [-0.25, -0.2) is 13.7 Å². The van der Waals surface area contributed by atoms with Crippen molar-refractivity contribution in [2.24, 2.45) is 0 Å². The van der Waals surface area contributed by atoms with Gasteiger partial charge in [0.05, 0.1) is 48.1 Å². The lowest BCUT2D eigenvalue weighted by atomic mass is 10.1. The van der Waals surface area contributed by atoms with Crippen LogP contribution in [0.3, 0.4) is 0 Å². The first-order valence-corrected chi connectivity index (χ1v) is 12.6. The van der Waals surface area contributed by atoms with Crippen LogP contribution < -0.4 is 20.7 Å². The molecule has 0 spiro atoms. The number of hydrogen-bond donors (Lipinski definition) is 3. The first-order chi connectivity index (χ1) is 19.0. The summed E-state index contributed by atoms with van der Waals surface area (Å²) < 4.78 is 26.1. The molecule has 0 aliphatic carbocycles. The van der Waals surface area contributed by atoms with Crippen LogP contribution in [0.1, 0.15) is 11.1 Å². The van der Waals surface area contributed by atoms with Gasteiger partial charge in [-0.15, -0.1) is 0 Å². The van der Waals surface area contributed by atoms with Gasteiger partial charge in [-0.2, -0.15) is 10.4 Å². The van der Waals surface area contributed by atoms with Gasteiger partial charge in [-0.3, -0.25) is 4.90 Å². The number of carbonyl (C=O) groups is 1. The highest BCUT2D eigenvalue weighted by Gasteiger charge is 2.18. The molecule has 1 aliphatic rings. The SMILES string of the molecule is Cc1c(NC(=O)NCCN2CCOCC2)cn2ncc(C#N)c(Nc3ccc(Oc4cccc(F)c4)cc3)c12. The minimum Gasteiger partial charge on any atom is -0.457 e. The van der Waals surface area contributed by atoms with Gasteiger partial charge in [0.25, 0.3) is 0 Å². The number of ether oxygens (including phenoxy) is 2. The average Bonchev–Trinajstić information content (AvgIpc) is 3.25. The highest BCUT2D eigenvalue weighted by atomic mass is 19.1. The van der Waals surface area contributed by atoms with E-state index in [2.05, 4.69) is 32.0 Å². The van der Waals surface area contributed by atoms with E-state index >= 15 is 0 Å². The molecule has 0 radical (unpaired) electrons. The Morgan fingerprint density at radius 2 is 1.97 bits per heavy atom. The van der Waals surface area contributed by atoms with E-state index < -0.39 is 0 Å². The number of aromatic nitrogens is 2. The largest absolute Gasteiger partial charge is 0.457 e. The molecule has 0 bridgehead atoms. The van der Waals surface area contributed by atoms with Crippen LogP contribution in [0.15, 0.2) is 60.9 Å². The molecule has 1 saturated heterocycles. The van der Waals surface area contributed by atoms with E-state index in [-0.39, 0.29) is 11.8 Å². The number of rotatable bonds is 8. The predicted octanol–water partition coefficient (Wildman–Crippen LogP) is 4.64. The van der Waals surface area contributed by atoms with Crippen LogP contribution in [0.4, 0.5) is 26.2 Å². The van der Waals surface area contributed by atoms with Gasteiger partial charge in [-0.05, 0) is 43.3 Å². The summed E-state index contributed by atoms with van der Waals surface area (Å²) in [4.78, 5) is 14.8. The number of hydrogen-bond acceptors (Lipinski definition) is 7. The van der Waals surface area contributed by atoms with Crippen molar-refractivity contribution in [3.8, 4) is 17.6 Å². The van der Waals surface area contributed by atoms with Crippen LogP contribution in [0.2, 0.25) is 0 Å². The molecule has 2 aromatic heterocycles. The number of urea groups is 1. The van der Waals surface area contributed by atoms with Gasteiger partial charge in [-0.1, -0.05) is 6.07 Å². The summed E-state index contributed by atoms with van der Waals surface area (Å²) >= 11 is 0. The third-order valence-electron chi connectivity index (χ3n) is 6.40. The smallest absolute Gasteiger partial charge is 0.319 e. The standard InChI is InChI=1S/C28H28FN7O3/c1-19-25(34-28(37)31-9-10-35-11-13-38-14-12-35)18-36-27(19)26(20(16-30)17-32-36)33-22-5-7-23(8-6-22)39-24-4-2-3-21(29)15-24/h2-8,15,17-18,33H,9-14H2,1H3,(H2,31,34,37). The van der Waals surface area contributed by atoms with E-state index in [4.69, 9.17) is 9.47 Å². The molecule has 10 nitrogen and oxygen atoms in total. The van der Waals surface area contributed by atoms with Crippen LogP contribution in [0.25, 0.3) is 5.52 Å². The lowest BCUT2D eigenvalue weighted by Gasteiger charge is -2.26. The molecule has 200 valence electrons. The summed E-state index contributed by atoms with van der Waals surface area (Å²) in [7, 11) is 0. The Bertz CT molecular complexity index is 1510. The molecule has 3 heterocycles. The monoisotopic (exact) mass is 529 g/mol. The number of nitrogens with zero attached hydrogens (tertiary/aromatic N) is 4. The number of amides is 2. The second-order valence-corrected chi connectivity index (χ2v) is 9.05. The minimum atomic E-state index is -0.376. The number of anilines is 3. The Kier molecular flexibility index (Phi) is 7.86. The van der Waals surface area contributed by atoms with Crippen molar-refractivity contribution >= 4 is 28.6 Å². The van der Waals surface area contributed by atoms with Gasteiger partial charge in [0.2, 0.25) is 0 Å². The fourth-order valence-electron chi connectivity index (χ4n) is 4.36. The predicted molar refractivity (Wildman–Crippen MR) is 145 cm³/mol. The van der Waals surface area contributed by atoms with Crippen molar-refractivity contribution in [2.75, 3.05) is 50.0 Å². The second kappa shape index (κ2) is 11.8. The lowest BCUT2D eigenvalue weighted by molar-refractivity contribution is 0.0388. The first-order valence-electron chi connectivity index (χ1n) is 12.6. The van der Waals surface area contributed by atoms with Gasteiger partial charge < -0.3 is 25.4 Å². The molecule has 0 saturated carbocycles. The van der Waals surface area contributed by atoms with E-state index in [1.165, 1.54) is 18.3 Å². The van der Waals surface area contributed by atoms with Gasteiger partial charge >= 0.3 is 6.03 Å². The summed E-state index contributed by atoms with van der Waals surface area (Å²) in [6.07, 6.45) is 3.19. The maximum atomic E-state index is 13.4. The molecule has 11 heteroatoms. The Labute approximate surface area is 224 Å². The maximum absolute atomic E-state index is 13.4. The fraction of sp³-hybridized carbons (Fsp3) is 0.250. The summed E-state index contributed by atoms with van der Waals surface area (Å²) in [5.74, 6) is 0.558. The number of aryl methyl sites for hydroxylation is 1. The molecule has 39 heavy (non-hydrogen) atoms. The number of benzene rings is 2. The first kappa shape index (κ1) is 26.0. The number of halogens is 1. The second-order valence-electron chi connectivity index (χ2n) is 9.05. The van der Waals surface area contributed by atoms with Gasteiger partial charge in [0.1, 0.15) is 23.4 Å². The molecule has 1 aliphatic heterocycles. The summed E-state index contributed by atoms with van der Waals surface area (Å²) in [6, 6.07) is 14.9. The van der Waals surface area contributed by atoms with E-state index in [0.717, 1.165) is 25.2 Å². The molecule has 2 aromatic carbocycles. The fourth-order valence-corrected chi connectivity index (χ4v) is 4.36. The third kappa shape index (κ3) is 6.26. The summed E-state index contributed by atoms with van der Waals surface area (Å²) in [5.41, 5.74) is 3.63. The molecular weight excluding hydrogens is 501 g/mol. The Morgan fingerprint density at radius 3 is 2.72 bits per heavy atom. The van der Waals surface area contributed by atoms with E-state index in [9.17, 15) is 14.4 Å². The quantitative estimate of drug-likeness (QED) is 0.304. The molecule has 3 N–H and O–H groups in total. The molecule has 1 fully saturated rings. The van der Waals surface area contributed by atoms with Crippen LogP contribution in [-0.2, 0) is 4.74 Å². The zero-order valence-electron chi connectivity index (χ0n) is 21.4. The Morgan fingerprint density at radius 1 is 1.18 bits per heavy atom.